The van der Waals surface area contributed by atoms with Crippen LogP contribution in [-0.4, -0.2) is 25.5 Å². The average molecular weight is 496 g/mol. The van der Waals surface area contributed by atoms with E-state index in [0.717, 1.165) is 24.1 Å². The quantitative estimate of drug-likeness (QED) is 0.494. The number of carbonyl (C=O) groups excluding carboxylic acids is 1. The first-order valence-electron chi connectivity index (χ1n) is 9.94. The van der Waals surface area contributed by atoms with Crippen LogP contribution in [0.25, 0.3) is 0 Å². The number of nitrogens with zero attached hydrogens (tertiary/aromatic N) is 4. The van der Waals surface area contributed by atoms with Gasteiger partial charge in [-0.25, -0.2) is 0 Å². The van der Waals surface area contributed by atoms with Gasteiger partial charge in [-0.05, 0) is 41.3 Å². The minimum atomic E-state index is -4.54. The Morgan fingerprint density at radius 3 is 2.55 bits per heavy atom. The highest BCUT2D eigenvalue weighted by Crippen LogP contribution is 2.47. The molecule has 164 valence electrons. The van der Waals surface area contributed by atoms with E-state index in [1.165, 1.54) is 4.68 Å². The lowest BCUT2D eigenvalue weighted by atomic mass is 10.2. The molecule has 1 amide bonds. The maximum atomic E-state index is 13.2. The predicted octanol–water partition coefficient (Wildman–Crippen LogP) is 5.12. The SMILES string of the molecule is Cc1cc(NC(=O)CCn2nc(C(F)(F)F)c(Br)c2C2CC2)nn1Cc1ccccc1. The molecule has 0 bridgehead atoms. The monoisotopic (exact) mass is 495 g/mol. The molecule has 10 heteroatoms. The number of amides is 1. The number of aromatic nitrogens is 4. The van der Waals surface area contributed by atoms with Gasteiger partial charge in [0, 0.05) is 24.1 Å². The van der Waals surface area contributed by atoms with Crippen molar-refractivity contribution in [3.05, 3.63) is 63.5 Å². The summed E-state index contributed by atoms with van der Waals surface area (Å²) in [7, 11) is 0. The maximum Gasteiger partial charge on any atom is 0.436 e. The summed E-state index contributed by atoms with van der Waals surface area (Å²) in [5.41, 5.74) is 1.55. The Kier molecular flexibility index (Phi) is 5.92. The third-order valence-electron chi connectivity index (χ3n) is 5.14. The molecule has 1 aliphatic rings. The molecule has 0 radical (unpaired) electrons. The molecule has 1 fully saturated rings. The second-order valence-corrected chi connectivity index (χ2v) is 8.45. The normalized spacial score (nSPS) is 14.1. The van der Waals surface area contributed by atoms with E-state index in [1.54, 1.807) is 10.7 Å². The van der Waals surface area contributed by atoms with Crippen molar-refractivity contribution in [1.29, 1.82) is 0 Å². The lowest BCUT2D eigenvalue weighted by Crippen LogP contribution is -2.17. The number of benzene rings is 1. The van der Waals surface area contributed by atoms with Crippen molar-refractivity contribution in [2.75, 3.05) is 5.32 Å². The van der Waals surface area contributed by atoms with Crippen molar-refractivity contribution in [3.63, 3.8) is 0 Å². The molecule has 1 aromatic carbocycles. The summed E-state index contributed by atoms with van der Waals surface area (Å²) in [5.74, 6) is 0.141. The van der Waals surface area contributed by atoms with E-state index in [4.69, 9.17) is 0 Å². The first-order valence-corrected chi connectivity index (χ1v) is 10.7. The third kappa shape index (κ3) is 5.00. The molecule has 3 aromatic rings. The van der Waals surface area contributed by atoms with Crippen LogP contribution in [0.1, 0.15) is 47.8 Å². The molecule has 6 nitrogen and oxygen atoms in total. The largest absolute Gasteiger partial charge is 0.436 e. The van der Waals surface area contributed by atoms with Gasteiger partial charge in [0.25, 0.3) is 0 Å². The zero-order valence-corrected chi connectivity index (χ0v) is 18.4. The molecule has 1 N–H and O–H groups in total. The van der Waals surface area contributed by atoms with Gasteiger partial charge in [-0.15, -0.1) is 0 Å². The fourth-order valence-corrected chi connectivity index (χ4v) is 4.28. The van der Waals surface area contributed by atoms with Crippen LogP contribution in [0.3, 0.4) is 0 Å². The number of nitrogens with one attached hydrogen (secondary N) is 1. The molecule has 4 rings (SSSR count). The number of carbonyl (C=O) groups is 1. The number of anilines is 1. The van der Waals surface area contributed by atoms with E-state index in [1.807, 2.05) is 37.3 Å². The van der Waals surface area contributed by atoms with Crippen LogP contribution in [0, 0.1) is 6.92 Å². The Labute approximate surface area is 185 Å². The van der Waals surface area contributed by atoms with Gasteiger partial charge in [0.15, 0.2) is 11.5 Å². The molecule has 0 aliphatic heterocycles. The molecule has 1 saturated carbocycles. The Hall–Kier alpha value is -2.62. The molecule has 0 spiro atoms. The molecule has 0 unspecified atom stereocenters. The fourth-order valence-electron chi connectivity index (χ4n) is 3.45. The van der Waals surface area contributed by atoms with Crippen LogP contribution in [0.2, 0.25) is 0 Å². The first kappa shape index (κ1) is 21.6. The van der Waals surface area contributed by atoms with Crippen LogP contribution in [0.15, 0.2) is 40.9 Å². The van der Waals surface area contributed by atoms with Crippen molar-refractivity contribution < 1.29 is 18.0 Å². The van der Waals surface area contributed by atoms with Gasteiger partial charge in [0.2, 0.25) is 5.91 Å². The van der Waals surface area contributed by atoms with Gasteiger partial charge < -0.3 is 5.32 Å². The standard InChI is InChI=1S/C21H21BrF3N5O/c1-13-11-16(27-30(13)12-14-5-3-2-4-6-14)26-17(31)9-10-29-19(15-7-8-15)18(22)20(28-29)21(23,24)25/h2-6,11,15H,7-10,12H2,1H3,(H,26,27,31). The Balaban J connectivity index is 1.41. The molecule has 1 aliphatic carbocycles. The number of rotatable bonds is 7. The Bertz CT molecular complexity index is 1090. The molecule has 0 saturated heterocycles. The molecule has 2 heterocycles. The van der Waals surface area contributed by atoms with E-state index in [0.29, 0.717) is 18.1 Å². The molecule has 0 atom stereocenters. The van der Waals surface area contributed by atoms with E-state index >= 15 is 0 Å². The second-order valence-electron chi connectivity index (χ2n) is 7.66. The highest BCUT2D eigenvalue weighted by Gasteiger charge is 2.41. The van der Waals surface area contributed by atoms with E-state index in [-0.39, 0.29) is 29.3 Å². The van der Waals surface area contributed by atoms with Gasteiger partial charge in [-0.1, -0.05) is 30.3 Å². The molecule has 2 aromatic heterocycles. The maximum absolute atomic E-state index is 13.2. The third-order valence-corrected chi connectivity index (χ3v) is 5.92. The predicted molar refractivity (Wildman–Crippen MR) is 113 cm³/mol. The summed E-state index contributed by atoms with van der Waals surface area (Å²) >= 11 is 3.06. The summed E-state index contributed by atoms with van der Waals surface area (Å²) in [6, 6.07) is 11.6. The Morgan fingerprint density at radius 1 is 1.19 bits per heavy atom. The van der Waals surface area contributed by atoms with Crippen molar-refractivity contribution in [2.45, 2.75) is 51.4 Å². The topological polar surface area (TPSA) is 64.7 Å². The fraction of sp³-hybridized carbons (Fsp3) is 0.381. The molecular weight excluding hydrogens is 475 g/mol. The van der Waals surface area contributed by atoms with Gasteiger partial charge in [0.1, 0.15) is 0 Å². The highest BCUT2D eigenvalue weighted by molar-refractivity contribution is 9.10. The van der Waals surface area contributed by atoms with Crippen molar-refractivity contribution in [3.8, 4) is 0 Å². The van der Waals surface area contributed by atoms with Crippen LogP contribution in [-0.2, 0) is 24.1 Å². The van der Waals surface area contributed by atoms with Gasteiger partial charge in [-0.3, -0.25) is 14.2 Å². The summed E-state index contributed by atoms with van der Waals surface area (Å²) < 4.78 is 42.7. The van der Waals surface area contributed by atoms with E-state index < -0.39 is 11.9 Å². The summed E-state index contributed by atoms with van der Waals surface area (Å²) in [6.45, 7) is 2.54. The number of hydrogen-bond acceptors (Lipinski definition) is 3. The minimum Gasteiger partial charge on any atom is -0.309 e. The van der Waals surface area contributed by atoms with Crippen molar-refractivity contribution >= 4 is 27.7 Å². The van der Waals surface area contributed by atoms with Gasteiger partial charge in [-0.2, -0.15) is 23.4 Å². The van der Waals surface area contributed by atoms with Crippen molar-refractivity contribution in [1.82, 2.24) is 19.6 Å². The van der Waals surface area contributed by atoms with E-state index in [9.17, 15) is 18.0 Å². The van der Waals surface area contributed by atoms with E-state index in [2.05, 4.69) is 31.4 Å². The zero-order valence-electron chi connectivity index (χ0n) is 16.8. The highest BCUT2D eigenvalue weighted by atomic mass is 79.9. The summed E-state index contributed by atoms with van der Waals surface area (Å²) in [4.78, 5) is 12.4. The lowest BCUT2D eigenvalue weighted by molar-refractivity contribution is -0.142. The van der Waals surface area contributed by atoms with Crippen LogP contribution < -0.4 is 5.32 Å². The Morgan fingerprint density at radius 2 is 1.90 bits per heavy atom. The van der Waals surface area contributed by atoms with Crippen LogP contribution in [0.4, 0.5) is 19.0 Å². The minimum absolute atomic E-state index is 0.00424. The number of alkyl halides is 3. The van der Waals surface area contributed by atoms with Gasteiger partial charge >= 0.3 is 6.18 Å². The number of hydrogen-bond donors (Lipinski definition) is 1. The summed E-state index contributed by atoms with van der Waals surface area (Å²) in [5, 5.41) is 10.9. The summed E-state index contributed by atoms with van der Waals surface area (Å²) in [6.07, 6.45) is -2.90. The second kappa shape index (κ2) is 8.49. The zero-order chi connectivity index (χ0) is 22.2. The molecule has 31 heavy (non-hydrogen) atoms. The van der Waals surface area contributed by atoms with Crippen LogP contribution in [0.5, 0.6) is 0 Å². The number of halogens is 4. The first-order chi connectivity index (χ1) is 14.7. The number of aryl methyl sites for hydroxylation is 2. The smallest absolute Gasteiger partial charge is 0.309 e. The van der Waals surface area contributed by atoms with Crippen molar-refractivity contribution in [2.24, 2.45) is 0 Å². The lowest BCUT2D eigenvalue weighted by Gasteiger charge is -2.07. The van der Waals surface area contributed by atoms with Gasteiger partial charge in [0.05, 0.1) is 23.3 Å². The molecular formula is C21H21BrF3N5O. The average Bonchev–Trinajstić information content (AvgIpc) is 3.40. The van der Waals surface area contributed by atoms with Crippen LogP contribution >= 0.6 is 15.9 Å².